The minimum Gasteiger partial charge on any atom is -0.490 e. The summed E-state index contributed by atoms with van der Waals surface area (Å²) >= 11 is 0. The summed E-state index contributed by atoms with van der Waals surface area (Å²) in [6.45, 7) is 0.790. The first-order valence-corrected chi connectivity index (χ1v) is 6.78. The average Bonchev–Trinajstić information content (AvgIpc) is 2.50. The third-order valence-corrected chi connectivity index (χ3v) is 3.29. The van der Waals surface area contributed by atoms with Crippen molar-refractivity contribution in [2.75, 3.05) is 6.61 Å². The fraction of sp³-hybridized carbons (Fsp3) is 0.294. The third kappa shape index (κ3) is 3.67. The van der Waals surface area contributed by atoms with Gasteiger partial charge in [0.15, 0.2) is 6.29 Å². The Balaban J connectivity index is 0.00000147. The van der Waals surface area contributed by atoms with E-state index in [9.17, 15) is 0 Å². The molecule has 0 bridgehead atoms. The minimum atomic E-state index is -0.130. The molecule has 1 aliphatic heterocycles. The molecule has 2 nitrogen and oxygen atoms in total. The van der Waals surface area contributed by atoms with Crippen LogP contribution in [-0.4, -0.2) is 12.9 Å². The fourth-order valence-corrected chi connectivity index (χ4v) is 2.30. The second-order valence-electron chi connectivity index (χ2n) is 4.69. The molecule has 1 unspecified atom stereocenters. The van der Waals surface area contributed by atoms with Crippen molar-refractivity contribution in [1.82, 2.24) is 0 Å². The van der Waals surface area contributed by atoms with Gasteiger partial charge < -0.3 is 9.47 Å². The molecule has 98 valence electrons. The Morgan fingerprint density at radius 2 is 1.90 bits per heavy atom. The van der Waals surface area contributed by atoms with Gasteiger partial charge in [0.1, 0.15) is 0 Å². The Bertz CT molecular complexity index is 522. The van der Waals surface area contributed by atoms with Gasteiger partial charge in [-0.25, -0.2) is 0 Å². The maximum atomic E-state index is 5.96. The summed E-state index contributed by atoms with van der Waals surface area (Å²) in [4.78, 5) is 0. The first-order chi connectivity index (χ1) is 9.43. The Hall–Kier alpha value is -1.20. The van der Waals surface area contributed by atoms with Crippen molar-refractivity contribution in [2.24, 2.45) is 0 Å². The molecular formula is C17H17LiO2. The summed E-state index contributed by atoms with van der Waals surface area (Å²) < 4.78 is 11.6. The molecule has 1 fully saturated rings. The van der Waals surface area contributed by atoms with Crippen LogP contribution in [0.2, 0.25) is 0 Å². The second kappa shape index (κ2) is 7.55. The largest absolute Gasteiger partial charge is 1.00 e. The number of hydrogen-bond acceptors (Lipinski definition) is 2. The van der Waals surface area contributed by atoms with Crippen LogP contribution in [0.25, 0.3) is 11.1 Å². The molecule has 3 heteroatoms. The molecule has 2 aromatic rings. The van der Waals surface area contributed by atoms with Crippen LogP contribution in [0.4, 0.5) is 0 Å². The molecular weight excluding hydrogens is 243 g/mol. The van der Waals surface area contributed by atoms with Crippen LogP contribution in [0.1, 0.15) is 19.3 Å². The van der Waals surface area contributed by atoms with Gasteiger partial charge in [0.25, 0.3) is 0 Å². The van der Waals surface area contributed by atoms with E-state index in [1.54, 1.807) is 0 Å². The second-order valence-corrected chi connectivity index (χ2v) is 4.69. The molecule has 0 amide bonds. The van der Waals surface area contributed by atoms with E-state index in [4.69, 9.17) is 9.47 Å². The molecule has 0 N–H and O–H groups in total. The summed E-state index contributed by atoms with van der Waals surface area (Å²) in [6, 6.07) is 19.3. The third-order valence-electron chi connectivity index (χ3n) is 3.29. The zero-order valence-electron chi connectivity index (χ0n) is 11.8. The minimum absolute atomic E-state index is 0. The number of para-hydroxylation sites is 1. The van der Waals surface area contributed by atoms with Gasteiger partial charge in [0, 0.05) is 12.2 Å². The van der Waals surface area contributed by atoms with Gasteiger partial charge in [-0.05, 0) is 12.8 Å². The Kier molecular flexibility index (Phi) is 5.73. The zero-order valence-corrected chi connectivity index (χ0v) is 11.8. The summed E-state index contributed by atoms with van der Waals surface area (Å²) in [5.74, 6) is 0.778. The molecule has 0 saturated carbocycles. The van der Waals surface area contributed by atoms with Crippen molar-refractivity contribution in [1.29, 1.82) is 0 Å². The average molecular weight is 260 g/mol. The van der Waals surface area contributed by atoms with E-state index in [2.05, 4.69) is 24.3 Å². The molecule has 1 heterocycles. The molecule has 1 aliphatic rings. The monoisotopic (exact) mass is 260 g/mol. The molecule has 1 atom stereocenters. The van der Waals surface area contributed by atoms with Crippen LogP contribution < -0.4 is 23.6 Å². The predicted octanol–water partition coefficient (Wildman–Crippen LogP) is 1.06. The Morgan fingerprint density at radius 3 is 2.65 bits per heavy atom. The summed E-state index contributed by atoms with van der Waals surface area (Å²) in [6.07, 6.45) is 3.12. The van der Waals surface area contributed by atoms with E-state index in [1.165, 1.54) is 0 Å². The van der Waals surface area contributed by atoms with Crippen LogP contribution in [0, 0.1) is 6.07 Å². The van der Waals surface area contributed by atoms with Gasteiger partial charge in [-0.2, -0.15) is 18.2 Å². The van der Waals surface area contributed by atoms with Gasteiger partial charge in [-0.3, -0.25) is 0 Å². The van der Waals surface area contributed by atoms with Crippen molar-refractivity contribution in [2.45, 2.75) is 25.6 Å². The fourth-order valence-electron chi connectivity index (χ4n) is 2.30. The van der Waals surface area contributed by atoms with E-state index < -0.39 is 0 Å². The maximum Gasteiger partial charge on any atom is 1.00 e. The van der Waals surface area contributed by atoms with Crippen LogP contribution in [0.3, 0.4) is 0 Å². The standard InChI is InChI=1S/C17H17O2.Li/c1-2-8-14(9-3-1)15-10-4-5-11-16(15)19-17-12-6-7-13-18-17;/h1-5,8-10,17H,6-7,12-13H2;/q-1;+1. The molecule has 0 aromatic heterocycles. The van der Waals surface area contributed by atoms with Crippen molar-refractivity contribution in [3.8, 4) is 16.9 Å². The molecule has 2 aromatic carbocycles. The number of ether oxygens (including phenoxy) is 2. The molecule has 20 heavy (non-hydrogen) atoms. The van der Waals surface area contributed by atoms with Crippen molar-refractivity contribution in [3.63, 3.8) is 0 Å². The van der Waals surface area contributed by atoms with Gasteiger partial charge >= 0.3 is 18.9 Å². The normalized spacial score (nSPS) is 18.1. The Morgan fingerprint density at radius 1 is 1.05 bits per heavy atom. The molecule has 1 saturated heterocycles. The van der Waals surface area contributed by atoms with Crippen molar-refractivity contribution in [3.05, 3.63) is 54.6 Å². The van der Waals surface area contributed by atoms with Crippen LogP contribution in [0.15, 0.2) is 48.5 Å². The zero-order chi connectivity index (χ0) is 12.9. The van der Waals surface area contributed by atoms with Crippen molar-refractivity contribution < 1.29 is 28.3 Å². The number of hydrogen-bond donors (Lipinski definition) is 0. The molecule has 3 rings (SSSR count). The topological polar surface area (TPSA) is 18.5 Å². The van der Waals surface area contributed by atoms with E-state index in [0.29, 0.717) is 0 Å². The van der Waals surface area contributed by atoms with E-state index in [1.807, 2.05) is 30.3 Å². The van der Waals surface area contributed by atoms with E-state index in [0.717, 1.165) is 42.7 Å². The van der Waals surface area contributed by atoms with Crippen LogP contribution in [-0.2, 0) is 4.74 Å². The first-order valence-electron chi connectivity index (χ1n) is 6.78. The molecule has 0 spiro atoms. The smallest absolute Gasteiger partial charge is 0.490 e. The van der Waals surface area contributed by atoms with Crippen LogP contribution in [0.5, 0.6) is 5.75 Å². The number of rotatable bonds is 3. The quantitative estimate of drug-likeness (QED) is 0.607. The molecule has 0 radical (unpaired) electrons. The van der Waals surface area contributed by atoms with Gasteiger partial charge in [0.05, 0.1) is 6.61 Å². The maximum absolute atomic E-state index is 5.96. The molecule has 0 aliphatic carbocycles. The van der Waals surface area contributed by atoms with E-state index in [-0.39, 0.29) is 25.2 Å². The van der Waals surface area contributed by atoms with Gasteiger partial charge in [-0.15, -0.1) is 6.07 Å². The summed E-state index contributed by atoms with van der Waals surface area (Å²) in [7, 11) is 0. The summed E-state index contributed by atoms with van der Waals surface area (Å²) in [5, 5.41) is 0. The van der Waals surface area contributed by atoms with Crippen LogP contribution >= 0.6 is 0 Å². The van der Waals surface area contributed by atoms with Gasteiger partial charge in [0.2, 0.25) is 0 Å². The van der Waals surface area contributed by atoms with Crippen molar-refractivity contribution >= 4 is 0 Å². The van der Waals surface area contributed by atoms with E-state index >= 15 is 0 Å². The number of benzene rings is 2. The van der Waals surface area contributed by atoms with Gasteiger partial charge in [-0.1, -0.05) is 41.5 Å². The Labute approximate surface area is 132 Å². The predicted molar refractivity (Wildman–Crippen MR) is 74.9 cm³/mol. The SMILES string of the molecule is [Li+].[c-]1cccc(-c2ccccc2)c1OC1CCCCO1. The summed E-state index contributed by atoms with van der Waals surface area (Å²) in [5.41, 5.74) is 2.21. The first kappa shape index (κ1) is 15.2.